The Bertz CT molecular complexity index is 148. The molecule has 92 valence electrons. The van der Waals surface area contributed by atoms with Crippen molar-refractivity contribution in [1.82, 2.24) is 5.32 Å². The van der Waals surface area contributed by atoms with Crippen LogP contribution in [0.15, 0.2) is 0 Å². The van der Waals surface area contributed by atoms with Gasteiger partial charge in [0.1, 0.15) is 0 Å². The Balaban J connectivity index is 0. The van der Waals surface area contributed by atoms with Crippen LogP contribution in [0.1, 0.15) is 33.6 Å². The smallest absolute Gasteiger partial charge is 0.222 e. The predicted molar refractivity (Wildman–Crippen MR) is 64.2 cm³/mol. The van der Waals surface area contributed by atoms with E-state index in [-0.39, 0.29) is 30.5 Å². The van der Waals surface area contributed by atoms with Crippen LogP contribution < -0.4 is 11.1 Å². The summed E-state index contributed by atoms with van der Waals surface area (Å²) < 4.78 is 5.25. The number of carbonyl (C=O) groups excluding carboxylic acids is 1. The van der Waals surface area contributed by atoms with Gasteiger partial charge in [-0.05, 0) is 27.2 Å². The van der Waals surface area contributed by atoms with Gasteiger partial charge in [-0.3, -0.25) is 4.79 Å². The number of hydrogen-bond donors (Lipinski definition) is 2. The maximum absolute atomic E-state index is 11.2. The van der Waals surface area contributed by atoms with Crippen molar-refractivity contribution >= 4 is 18.3 Å². The molecule has 1 unspecified atom stereocenters. The molecule has 0 bridgehead atoms. The number of hydrogen-bond acceptors (Lipinski definition) is 3. The summed E-state index contributed by atoms with van der Waals surface area (Å²) in [6.45, 7) is 6.97. The van der Waals surface area contributed by atoms with Gasteiger partial charge < -0.3 is 15.8 Å². The summed E-state index contributed by atoms with van der Waals surface area (Å²) in [5.41, 5.74) is 5.54. The fourth-order valence-corrected chi connectivity index (χ4v) is 0.915. The number of ether oxygens (including phenoxy) is 1. The van der Waals surface area contributed by atoms with E-state index in [1.54, 1.807) is 0 Å². The van der Waals surface area contributed by atoms with Gasteiger partial charge in [0.15, 0.2) is 0 Å². The topological polar surface area (TPSA) is 64.3 Å². The van der Waals surface area contributed by atoms with Crippen molar-refractivity contribution in [3.05, 3.63) is 0 Å². The van der Waals surface area contributed by atoms with Crippen LogP contribution in [0.25, 0.3) is 0 Å². The Hall–Kier alpha value is -0.320. The van der Waals surface area contributed by atoms with Crippen LogP contribution in [0.2, 0.25) is 0 Å². The highest BCUT2D eigenvalue weighted by Gasteiger charge is 2.02. The highest BCUT2D eigenvalue weighted by molar-refractivity contribution is 5.85. The van der Waals surface area contributed by atoms with Crippen LogP contribution in [-0.2, 0) is 9.53 Å². The second-order valence-corrected chi connectivity index (χ2v) is 3.79. The second-order valence-electron chi connectivity index (χ2n) is 3.79. The van der Waals surface area contributed by atoms with Crippen LogP contribution >= 0.6 is 12.4 Å². The van der Waals surface area contributed by atoms with Gasteiger partial charge in [0, 0.05) is 19.0 Å². The molecule has 0 aromatic heterocycles. The number of halogens is 1. The summed E-state index contributed by atoms with van der Waals surface area (Å²) in [5.74, 6) is 0.0336. The lowest BCUT2D eigenvalue weighted by atomic mass is 10.2. The normalized spacial score (nSPS) is 12.1. The molecule has 1 atom stereocenters. The minimum atomic E-state index is 0. The molecule has 0 aliphatic heterocycles. The van der Waals surface area contributed by atoms with Gasteiger partial charge in [-0.15, -0.1) is 12.4 Å². The zero-order chi connectivity index (χ0) is 11.0. The third kappa shape index (κ3) is 13.7. The van der Waals surface area contributed by atoms with Gasteiger partial charge >= 0.3 is 0 Å². The van der Waals surface area contributed by atoms with Gasteiger partial charge in [-0.25, -0.2) is 0 Å². The van der Waals surface area contributed by atoms with Crippen molar-refractivity contribution in [1.29, 1.82) is 0 Å². The number of nitrogens with one attached hydrogen (secondary N) is 1. The summed E-state index contributed by atoms with van der Waals surface area (Å²) in [6, 6.07) is 0.141. The number of nitrogens with two attached hydrogens (primary N) is 1. The molecule has 0 aromatic carbocycles. The molecule has 0 aliphatic rings. The first kappa shape index (κ1) is 17.1. The predicted octanol–water partition coefficient (Wildman–Crippen LogP) is 1.08. The van der Waals surface area contributed by atoms with Crippen molar-refractivity contribution in [3.8, 4) is 0 Å². The third-order valence-electron chi connectivity index (χ3n) is 1.70. The minimum absolute atomic E-state index is 0. The minimum Gasteiger partial charge on any atom is -0.378 e. The molecule has 0 saturated carbocycles. The molecule has 0 rings (SSSR count). The maximum Gasteiger partial charge on any atom is 0.222 e. The first-order chi connectivity index (χ1) is 6.52. The van der Waals surface area contributed by atoms with E-state index in [0.29, 0.717) is 19.6 Å². The lowest BCUT2D eigenvalue weighted by molar-refractivity contribution is -0.122. The van der Waals surface area contributed by atoms with Crippen molar-refractivity contribution in [2.24, 2.45) is 5.73 Å². The zero-order valence-electron chi connectivity index (χ0n) is 9.79. The highest BCUT2D eigenvalue weighted by Crippen LogP contribution is 1.90. The molecule has 0 radical (unpaired) electrons. The molecule has 15 heavy (non-hydrogen) atoms. The Morgan fingerprint density at radius 3 is 2.47 bits per heavy atom. The van der Waals surface area contributed by atoms with Crippen molar-refractivity contribution in [2.45, 2.75) is 45.8 Å². The summed E-state index contributed by atoms with van der Waals surface area (Å²) in [5, 5.41) is 2.79. The second kappa shape index (κ2) is 10.2. The number of carbonyl (C=O) groups is 1. The quantitative estimate of drug-likeness (QED) is 0.698. The summed E-state index contributed by atoms with van der Waals surface area (Å²) in [7, 11) is 0. The molecular weight excluding hydrogens is 216 g/mol. The molecule has 3 N–H and O–H groups in total. The first-order valence-electron chi connectivity index (χ1n) is 5.16. The zero-order valence-corrected chi connectivity index (χ0v) is 10.6. The summed E-state index contributed by atoms with van der Waals surface area (Å²) >= 11 is 0. The van der Waals surface area contributed by atoms with E-state index in [2.05, 4.69) is 5.32 Å². The standard InChI is InChI=1S/C10H22N2O2.ClH/c1-8(2)14-7-5-10(13)12-6-4-9(3)11;/h8-9H,4-7,11H2,1-3H3,(H,12,13);1H. The molecule has 0 aromatic rings. The Morgan fingerprint density at radius 2 is 2.00 bits per heavy atom. The van der Waals surface area contributed by atoms with Crippen molar-refractivity contribution in [2.75, 3.05) is 13.2 Å². The van der Waals surface area contributed by atoms with Crippen LogP contribution in [0.5, 0.6) is 0 Å². The molecule has 0 heterocycles. The van der Waals surface area contributed by atoms with Gasteiger partial charge in [0.25, 0.3) is 0 Å². The van der Waals surface area contributed by atoms with E-state index in [1.807, 2.05) is 20.8 Å². The monoisotopic (exact) mass is 238 g/mol. The van der Waals surface area contributed by atoms with Crippen molar-refractivity contribution < 1.29 is 9.53 Å². The highest BCUT2D eigenvalue weighted by atomic mass is 35.5. The van der Waals surface area contributed by atoms with Crippen LogP contribution in [0, 0.1) is 0 Å². The molecule has 0 spiro atoms. The van der Waals surface area contributed by atoms with Gasteiger partial charge in [-0.1, -0.05) is 0 Å². The number of amides is 1. The Kier molecular flexibility index (Phi) is 11.6. The van der Waals surface area contributed by atoms with E-state index >= 15 is 0 Å². The van der Waals surface area contributed by atoms with E-state index in [9.17, 15) is 4.79 Å². The maximum atomic E-state index is 11.2. The van der Waals surface area contributed by atoms with Gasteiger partial charge in [-0.2, -0.15) is 0 Å². The molecule has 0 fully saturated rings. The summed E-state index contributed by atoms with van der Waals surface area (Å²) in [4.78, 5) is 11.2. The Morgan fingerprint density at radius 1 is 1.40 bits per heavy atom. The Labute approximate surface area is 98.3 Å². The van der Waals surface area contributed by atoms with E-state index < -0.39 is 0 Å². The van der Waals surface area contributed by atoms with E-state index in [4.69, 9.17) is 10.5 Å². The average molecular weight is 239 g/mol. The molecule has 0 aliphatic carbocycles. The van der Waals surface area contributed by atoms with Crippen LogP contribution in [-0.4, -0.2) is 31.2 Å². The van der Waals surface area contributed by atoms with E-state index in [1.165, 1.54) is 0 Å². The molecule has 5 heteroatoms. The van der Waals surface area contributed by atoms with Crippen molar-refractivity contribution in [3.63, 3.8) is 0 Å². The van der Waals surface area contributed by atoms with Gasteiger partial charge in [0.2, 0.25) is 5.91 Å². The number of rotatable bonds is 7. The largest absolute Gasteiger partial charge is 0.378 e. The van der Waals surface area contributed by atoms with Crippen LogP contribution in [0.4, 0.5) is 0 Å². The SMILES string of the molecule is CC(N)CCNC(=O)CCOC(C)C.Cl. The average Bonchev–Trinajstić information content (AvgIpc) is 2.02. The molecular formula is C10H23ClN2O2. The molecule has 0 saturated heterocycles. The first-order valence-corrected chi connectivity index (χ1v) is 5.16. The summed E-state index contributed by atoms with van der Waals surface area (Å²) in [6.07, 6.45) is 1.43. The fraction of sp³-hybridized carbons (Fsp3) is 0.900. The fourth-order valence-electron chi connectivity index (χ4n) is 0.915. The van der Waals surface area contributed by atoms with Crippen LogP contribution in [0.3, 0.4) is 0 Å². The van der Waals surface area contributed by atoms with E-state index in [0.717, 1.165) is 6.42 Å². The lowest BCUT2D eigenvalue weighted by Crippen LogP contribution is -2.29. The lowest BCUT2D eigenvalue weighted by Gasteiger charge is -2.09. The third-order valence-corrected chi connectivity index (χ3v) is 1.70. The molecule has 4 nitrogen and oxygen atoms in total. The molecule has 1 amide bonds. The van der Waals surface area contributed by atoms with Gasteiger partial charge in [0.05, 0.1) is 12.7 Å².